The predicted octanol–water partition coefficient (Wildman–Crippen LogP) is 3.57. The molecule has 3 aromatic rings. The zero-order valence-electron chi connectivity index (χ0n) is 15.6. The quantitative estimate of drug-likeness (QED) is 0.658. The molecular weight excluding hydrogens is 420 g/mol. The number of halogens is 1. The van der Waals surface area contributed by atoms with E-state index in [0.717, 1.165) is 29.7 Å². The third-order valence-corrected chi connectivity index (χ3v) is 5.60. The molecule has 1 aliphatic heterocycles. The van der Waals surface area contributed by atoms with Gasteiger partial charge in [0.15, 0.2) is 0 Å². The van der Waals surface area contributed by atoms with Crippen molar-refractivity contribution in [2.75, 3.05) is 23.3 Å². The summed E-state index contributed by atoms with van der Waals surface area (Å²) in [4.78, 5) is 31.6. The van der Waals surface area contributed by atoms with Gasteiger partial charge in [0.25, 0.3) is 5.56 Å². The summed E-state index contributed by atoms with van der Waals surface area (Å²) in [7, 11) is 0. The number of carbonyl (C=O) groups excluding carboxylic acids is 1. The molecule has 0 unspecified atom stereocenters. The van der Waals surface area contributed by atoms with Crippen molar-refractivity contribution < 1.29 is 4.79 Å². The monoisotopic (exact) mass is 440 g/mol. The van der Waals surface area contributed by atoms with Crippen molar-refractivity contribution in [3.8, 4) is 0 Å². The molecule has 1 aromatic heterocycles. The van der Waals surface area contributed by atoms with Crippen LogP contribution in [-0.2, 0) is 17.8 Å². The first-order chi connectivity index (χ1) is 13.5. The number of rotatable bonds is 5. The molecule has 7 heteroatoms. The standard InChI is InChI=1S/C21H21BrN4O2/c1-2-25-9-7-14-3-5-16(12-19(14)25)24-20(27)8-10-26-13-23-18-6-4-15(22)11-17(18)21(26)28/h3-6,11-13H,2,7-10H2,1H3,(H,24,27). The van der Waals surface area contributed by atoms with Crippen molar-refractivity contribution in [2.45, 2.75) is 26.3 Å². The van der Waals surface area contributed by atoms with Crippen LogP contribution in [0.1, 0.15) is 18.9 Å². The van der Waals surface area contributed by atoms with Crippen molar-refractivity contribution in [3.63, 3.8) is 0 Å². The van der Waals surface area contributed by atoms with Crippen molar-refractivity contribution in [1.29, 1.82) is 0 Å². The lowest BCUT2D eigenvalue weighted by Crippen LogP contribution is -2.23. The molecule has 144 valence electrons. The van der Waals surface area contributed by atoms with Crippen LogP contribution in [0.2, 0.25) is 0 Å². The molecule has 2 aromatic carbocycles. The second-order valence-electron chi connectivity index (χ2n) is 6.88. The maximum atomic E-state index is 12.6. The minimum atomic E-state index is -0.143. The molecule has 28 heavy (non-hydrogen) atoms. The number of anilines is 2. The van der Waals surface area contributed by atoms with Gasteiger partial charge in [0.1, 0.15) is 0 Å². The molecule has 1 aliphatic rings. The maximum absolute atomic E-state index is 12.6. The van der Waals surface area contributed by atoms with Crippen molar-refractivity contribution >= 4 is 44.1 Å². The first-order valence-corrected chi connectivity index (χ1v) is 10.2. The Kier molecular flexibility index (Phi) is 5.17. The molecule has 4 rings (SSSR count). The van der Waals surface area contributed by atoms with Crippen molar-refractivity contribution in [2.24, 2.45) is 0 Å². The predicted molar refractivity (Wildman–Crippen MR) is 115 cm³/mol. The van der Waals surface area contributed by atoms with E-state index in [9.17, 15) is 9.59 Å². The largest absolute Gasteiger partial charge is 0.371 e. The van der Waals surface area contributed by atoms with Crippen molar-refractivity contribution in [1.82, 2.24) is 9.55 Å². The lowest BCUT2D eigenvalue weighted by molar-refractivity contribution is -0.116. The second-order valence-corrected chi connectivity index (χ2v) is 7.79. The lowest BCUT2D eigenvalue weighted by atomic mass is 10.1. The number of benzene rings is 2. The normalized spacial score (nSPS) is 13.0. The molecule has 0 atom stereocenters. The summed E-state index contributed by atoms with van der Waals surface area (Å²) in [6.07, 6.45) is 2.75. The van der Waals surface area contributed by atoms with Crippen molar-refractivity contribution in [3.05, 3.63) is 63.1 Å². The fourth-order valence-corrected chi connectivity index (χ4v) is 3.95. The van der Waals surface area contributed by atoms with E-state index in [1.54, 1.807) is 12.1 Å². The number of likely N-dealkylation sites (N-methyl/N-ethyl adjacent to an activating group) is 1. The first kappa shape index (κ1) is 18.7. The van der Waals surface area contributed by atoms with Crippen LogP contribution in [0.4, 0.5) is 11.4 Å². The highest BCUT2D eigenvalue weighted by Crippen LogP contribution is 2.30. The Morgan fingerprint density at radius 1 is 1.25 bits per heavy atom. The summed E-state index contributed by atoms with van der Waals surface area (Å²) >= 11 is 3.38. The van der Waals surface area contributed by atoms with E-state index in [2.05, 4.69) is 44.1 Å². The van der Waals surface area contributed by atoms with E-state index in [0.29, 0.717) is 10.9 Å². The Morgan fingerprint density at radius 3 is 2.93 bits per heavy atom. The molecule has 1 amide bonds. The van der Waals surface area contributed by atoms with E-state index in [1.807, 2.05) is 18.2 Å². The Morgan fingerprint density at radius 2 is 2.11 bits per heavy atom. The number of aryl methyl sites for hydroxylation is 1. The summed E-state index contributed by atoms with van der Waals surface area (Å²) in [5.41, 5.74) is 3.81. The highest BCUT2D eigenvalue weighted by molar-refractivity contribution is 9.10. The average molecular weight is 441 g/mol. The van der Waals surface area contributed by atoms with Gasteiger partial charge in [0.2, 0.25) is 5.91 Å². The van der Waals surface area contributed by atoms with Gasteiger partial charge in [-0.15, -0.1) is 0 Å². The third kappa shape index (κ3) is 3.67. The van der Waals surface area contributed by atoms with Crippen LogP contribution in [0.25, 0.3) is 10.9 Å². The molecule has 0 radical (unpaired) electrons. The van der Waals surface area contributed by atoms with E-state index in [1.165, 1.54) is 22.1 Å². The van der Waals surface area contributed by atoms with Gasteiger partial charge in [-0.3, -0.25) is 14.2 Å². The number of fused-ring (bicyclic) bond motifs is 2. The minimum absolute atomic E-state index is 0.123. The van der Waals surface area contributed by atoms with Crippen LogP contribution >= 0.6 is 15.9 Å². The number of carbonyl (C=O) groups is 1. The molecule has 0 bridgehead atoms. The van der Waals surface area contributed by atoms with Gasteiger partial charge in [-0.2, -0.15) is 0 Å². The molecule has 0 spiro atoms. The molecule has 1 N–H and O–H groups in total. The summed E-state index contributed by atoms with van der Waals surface area (Å²) in [5, 5.41) is 3.48. The molecule has 0 fully saturated rings. The van der Waals surface area contributed by atoms with Gasteiger partial charge >= 0.3 is 0 Å². The first-order valence-electron chi connectivity index (χ1n) is 9.37. The highest BCUT2D eigenvalue weighted by atomic mass is 79.9. The number of hydrogen-bond acceptors (Lipinski definition) is 4. The number of aromatic nitrogens is 2. The van der Waals surface area contributed by atoms with Crippen LogP contribution in [-0.4, -0.2) is 28.5 Å². The highest BCUT2D eigenvalue weighted by Gasteiger charge is 2.18. The Balaban J connectivity index is 1.45. The zero-order valence-corrected chi connectivity index (χ0v) is 17.2. The fraction of sp³-hybridized carbons (Fsp3) is 0.286. The molecule has 6 nitrogen and oxygen atoms in total. The van der Waals surface area contributed by atoms with Crippen LogP contribution in [0.3, 0.4) is 0 Å². The smallest absolute Gasteiger partial charge is 0.261 e. The zero-order chi connectivity index (χ0) is 19.7. The van der Waals surface area contributed by atoms with Gasteiger partial charge in [0, 0.05) is 41.9 Å². The number of nitrogens with one attached hydrogen (secondary N) is 1. The summed E-state index contributed by atoms with van der Waals surface area (Å²) in [5.74, 6) is -0.123. The third-order valence-electron chi connectivity index (χ3n) is 5.11. The summed E-state index contributed by atoms with van der Waals surface area (Å²) in [6.45, 7) is 4.40. The minimum Gasteiger partial charge on any atom is -0.371 e. The molecule has 0 saturated heterocycles. The van der Waals surface area contributed by atoms with Crippen LogP contribution in [0, 0.1) is 0 Å². The molecular formula is C21H21BrN4O2. The topological polar surface area (TPSA) is 67.2 Å². The van der Waals surface area contributed by atoms with Gasteiger partial charge in [-0.05, 0) is 49.2 Å². The lowest BCUT2D eigenvalue weighted by Gasteiger charge is -2.17. The number of amides is 1. The summed E-state index contributed by atoms with van der Waals surface area (Å²) in [6, 6.07) is 11.5. The van der Waals surface area contributed by atoms with E-state index in [-0.39, 0.29) is 24.4 Å². The summed E-state index contributed by atoms with van der Waals surface area (Å²) < 4.78 is 2.31. The second kappa shape index (κ2) is 7.75. The van der Waals surface area contributed by atoms with E-state index < -0.39 is 0 Å². The van der Waals surface area contributed by atoms with Crippen LogP contribution in [0.15, 0.2) is 52.0 Å². The fourth-order valence-electron chi connectivity index (χ4n) is 3.59. The number of nitrogens with zero attached hydrogens (tertiary/aromatic N) is 3. The van der Waals surface area contributed by atoms with E-state index >= 15 is 0 Å². The maximum Gasteiger partial charge on any atom is 0.261 e. The SMILES string of the molecule is CCN1CCc2ccc(NC(=O)CCn3cnc4ccc(Br)cc4c3=O)cc21. The van der Waals surface area contributed by atoms with Gasteiger partial charge in [0.05, 0.1) is 17.2 Å². The van der Waals surface area contributed by atoms with Crippen LogP contribution in [0.5, 0.6) is 0 Å². The van der Waals surface area contributed by atoms with Gasteiger partial charge in [-0.1, -0.05) is 22.0 Å². The van der Waals surface area contributed by atoms with Crippen LogP contribution < -0.4 is 15.8 Å². The average Bonchev–Trinajstić information content (AvgIpc) is 3.10. The van der Waals surface area contributed by atoms with Gasteiger partial charge < -0.3 is 10.2 Å². The number of hydrogen-bond donors (Lipinski definition) is 1. The molecule has 2 heterocycles. The van der Waals surface area contributed by atoms with E-state index in [4.69, 9.17) is 0 Å². The van der Waals surface area contributed by atoms with Gasteiger partial charge in [-0.25, -0.2) is 4.98 Å². The Bertz CT molecular complexity index is 1110. The Labute approximate surface area is 171 Å². The Hall–Kier alpha value is -2.67. The molecule has 0 saturated carbocycles. The molecule has 0 aliphatic carbocycles.